The molecule has 0 aliphatic heterocycles. The van der Waals surface area contributed by atoms with E-state index < -0.39 is 0 Å². The minimum absolute atomic E-state index is 0.0473. The summed E-state index contributed by atoms with van der Waals surface area (Å²) >= 11 is 7.40. The fourth-order valence-electron chi connectivity index (χ4n) is 2.98. The van der Waals surface area contributed by atoms with Crippen LogP contribution in [-0.4, -0.2) is 35.5 Å². The lowest BCUT2D eigenvalue weighted by atomic mass is 10.3. The Kier molecular flexibility index (Phi) is 4.85. The highest BCUT2D eigenvalue weighted by Crippen LogP contribution is 2.26. The maximum Gasteiger partial charge on any atom is 0.328 e. The number of oxazole rings is 1. The molecule has 9 nitrogen and oxygen atoms in total. The SMILES string of the molecule is O=C(Cn1cc(CSc2nnc3oc4ccccc4n23)nn1)Nc1cccc(Cl)c1. The van der Waals surface area contributed by atoms with Gasteiger partial charge in [-0.2, -0.15) is 0 Å². The number of thioether (sulfide) groups is 1. The zero-order valence-electron chi connectivity index (χ0n) is 15.4. The van der Waals surface area contributed by atoms with Crippen LogP contribution in [0, 0.1) is 0 Å². The Morgan fingerprint density at radius 1 is 1.13 bits per heavy atom. The van der Waals surface area contributed by atoms with Crippen LogP contribution in [0.3, 0.4) is 0 Å². The van der Waals surface area contributed by atoms with E-state index in [1.165, 1.54) is 16.4 Å². The second-order valence-corrected chi connectivity index (χ2v) is 7.80. The predicted molar refractivity (Wildman–Crippen MR) is 112 cm³/mol. The number of anilines is 1. The molecule has 1 N–H and O–H groups in total. The molecule has 0 fully saturated rings. The Morgan fingerprint density at radius 3 is 2.93 bits per heavy atom. The number of aromatic nitrogens is 6. The van der Waals surface area contributed by atoms with Gasteiger partial charge in [0.1, 0.15) is 6.54 Å². The van der Waals surface area contributed by atoms with Crippen LogP contribution in [0.1, 0.15) is 5.69 Å². The van der Waals surface area contributed by atoms with Gasteiger partial charge in [-0.1, -0.05) is 51.9 Å². The molecule has 0 saturated heterocycles. The summed E-state index contributed by atoms with van der Waals surface area (Å²) in [6.45, 7) is 0.0473. The molecule has 5 rings (SSSR count). The van der Waals surface area contributed by atoms with Gasteiger partial charge in [-0.15, -0.1) is 10.2 Å². The van der Waals surface area contributed by atoms with Gasteiger partial charge in [0, 0.05) is 22.7 Å². The topological polar surface area (TPSA) is 103 Å². The van der Waals surface area contributed by atoms with E-state index in [9.17, 15) is 4.79 Å². The Balaban J connectivity index is 1.24. The molecular weight excluding hydrogens is 426 g/mol. The molecule has 0 aliphatic carbocycles. The fourth-order valence-corrected chi connectivity index (χ4v) is 3.99. The fraction of sp³-hybridized carbons (Fsp3) is 0.105. The van der Waals surface area contributed by atoms with Crippen LogP contribution in [0.4, 0.5) is 5.69 Å². The second kappa shape index (κ2) is 7.81. The van der Waals surface area contributed by atoms with Gasteiger partial charge < -0.3 is 9.73 Å². The summed E-state index contributed by atoms with van der Waals surface area (Å²) in [6, 6.07) is 14.7. The first-order valence-electron chi connectivity index (χ1n) is 8.95. The zero-order valence-corrected chi connectivity index (χ0v) is 17.0. The molecule has 0 aliphatic rings. The highest BCUT2D eigenvalue weighted by molar-refractivity contribution is 7.98. The Bertz CT molecular complexity index is 1360. The van der Waals surface area contributed by atoms with Crippen LogP contribution >= 0.6 is 23.4 Å². The molecule has 0 unspecified atom stereocenters. The summed E-state index contributed by atoms with van der Waals surface area (Å²) in [5.41, 5.74) is 3.01. The molecule has 30 heavy (non-hydrogen) atoms. The first-order valence-corrected chi connectivity index (χ1v) is 10.3. The first kappa shape index (κ1) is 18.6. The second-order valence-electron chi connectivity index (χ2n) is 6.43. The van der Waals surface area contributed by atoms with Crippen LogP contribution in [0.2, 0.25) is 5.02 Å². The molecule has 0 atom stereocenters. The summed E-state index contributed by atoms with van der Waals surface area (Å²) in [7, 11) is 0. The molecule has 150 valence electrons. The van der Waals surface area contributed by atoms with Gasteiger partial charge in [-0.25, -0.2) is 9.08 Å². The number of rotatable bonds is 6. The summed E-state index contributed by atoms with van der Waals surface area (Å²) in [6.07, 6.45) is 1.73. The van der Waals surface area contributed by atoms with Crippen molar-refractivity contribution in [3.63, 3.8) is 0 Å². The van der Waals surface area contributed by atoms with Crippen molar-refractivity contribution >= 4 is 51.9 Å². The summed E-state index contributed by atoms with van der Waals surface area (Å²) < 4.78 is 9.03. The molecule has 3 aromatic heterocycles. The average molecular weight is 440 g/mol. The summed E-state index contributed by atoms with van der Waals surface area (Å²) in [5.74, 6) is 0.751. The van der Waals surface area contributed by atoms with Crippen molar-refractivity contribution < 1.29 is 9.21 Å². The average Bonchev–Trinajstić information content (AvgIpc) is 3.42. The van der Waals surface area contributed by atoms with Gasteiger partial charge in [0.05, 0.1) is 11.2 Å². The van der Waals surface area contributed by atoms with Crippen molar-refractivity contribution in [1.82, 2.24) is 29.6 Å². The standard InChI is InChI=1S/C19H14ClN7O2S/c20-12-4-3-5-13(8-12)21-17(28)10-26-9-14(22-25-26)11-30-19-24-23-18-27(19)15-6-1-2-7-16(15)29-18/h1-9H,10-11H2,(H,21,28). The van der Waals surface area contributed by atoms with Gasteiger partial charge in [0.2, 0.25) is 5.91 Å². The van der Waals surface area contributed by atoms with Gasteiger partial charge in [0.25, 0.3) is 0 Å². The molecule has 1 amide bonds. The normalized spacial score (nSPS) is 11.4. The van der Waals surface area contributed by atoms with Crippen molar-refractivity contribution in [1.29, 1.82) is 0 Å². The Morgan fingerprint density at radius 2 is 2.03 bits per heavy atom. The van der Waals surface area contributed by atoms with Crippen molar-refractivity contribution in [3.8, 4) is 0 Å². The lowest BCUT2D eigenvalue weighted by Crippen LogP contribution is -2.19. The third-order valence-electron chi connectivity index (χ3n) is 4.26. The molecule has 5 aromatic rings. The molecule has 3 heterocycles. The monoisotopic (exact) mass is 439 g/mol. The van der Waals surface area contributed by atoms with Gasteiger partial charge in [-0.05, 0) is 30.3 Å². The quantitative estimate of drug-likeness (QED) is 0.403. The number of hydrogen-bond acceptors (Lipinski definition) is 7. The minimum atomic E-state index is -0.217. The maximum atomic E-state index is 12.2. The number of amides is 1. The van der Waals surface area contributed by atoms with Crippen LogP contribution in [-0.2, 0) is 17.1 Å². The van der Waals surface area contributed by atoms with E-state index in [2.05, 4.69) is 25.8 Å². The highest BCUT2D eigenvalue weighted by atomic mass is 35.5. The lowest BCUT2D eigenvalue weighted by molar-refractivity contribution is -0.116. The van der Waals surface area contributed by atoms with Crippen LogP contribution < -0.4 is 5.32 Å². The molecule has 2 aromatic carbocycles. The molecular formula is C19H14ClN7O2S. The van der Waals surface area contributed by atoms with E-state index in [1.807, 2.05) is 28.7 Å². The van der Waals surface area contributed by atoms with Crippen LogP contribution in [0.15, 0.2) is 64.3 Å². The zero-order chi connectivity index (χ0) is 20.5. The number of fused-ring (bicyclic) bond motifs is 3. The minimum Gasteiger partial charge on any atom is -0.422 e. The van der Waals surface area contributed by atoms with Gasteiger partial charge >= 0.3 is 5.84 Å². The van der Waals surface area contributed by atoms with Crippen molar-refractivity contribution in [2.45, 2.75) is 17.5 Å². The van der Waals surface area contributed by atoms with Gasteiger partial charge in [0.15, 0.2) is 10.7 Å². The number of halogens is 1. The van der Waals surface area contributed by atoms with Gasteiger partial charge in [-0.3, -0.25) is 4.79 Å². The van der Waals surface area contributed by atoms with Crippen molar-refractivity contribution in [2.24, 2.45) is 0 Å². The van der Waals surface area contributed by atoms with Crippen molar-refractivity contribution in [3.05, 3.63) is 65.4 Å². The van der Waals surface area contributed by atoms with Crippen LogP contribution in [0.25, 0.3) is 16.9 Å². The van der Waals surface area contributed by atoms with E-state index in [-0.39, 0.29) is 12.5 Å². The number of nitrogens with one attached hydrogen (secondary N) is 1. The molecule has 0 spiro atoms. The number of nitrogens with zero attached hydrogens (tertiary/aromatic N) is 6. The van der Waals surface area contributed by atoms with Crippen LogP contribution in [0.5, 0.6) is 0 Å². The summed E-state index contributed by atoms with van der Waals surface area (Å²) in [4.78, 5) is 12.2. The third kappa shape index (κ3) is 3.74. The van der Waals surface area contributed by atoms with E-state index in [1.54, 1.807) is 30.5 Å². The Labute approximate surface area is 179 Å². The predicted octanol–water partition coefficient (Wildman–Crippen LogP) is 3.65. The third-order valence-corrected chi connectivity index (χ3v) is 5.46. The van der Waals surface area contributed by atoms with E-state index in [0.29, 0.717) is 27.5 Å². The number of carbonyl (C=O) groups is 1. The van der Waals surface area contributed by atoms with E-state index in [4.69, 9.17) is 16.0 Å². The molecule has 0 radical (unpaired) electrons. The number of carbonyl (C=O) groups excluding carboxylic acids is 1. The summed E-state index contributed by atoms with van der Waals surface area (Å²) in [5, 5.41) is 20.4. The van der Waals surface area contributed by atoms with Crippen molar-refractivity contribution in [2.75, 3.05) is 5.32 Å². The lowest BCUT2D eigenvalue weighted by Gasteiger charge is -2.05. The first-order chi connectivity index (χ1) is 14.7. The largest absolute Gasteiger partial charge is 0.422 e. The number of para-hydroxylation sites is 2. The molecule has 0 saturated carbocycles. The van der Waals surface area contributed by atoms with E-state index in [0.717, 1.165) is 16.8 Å². The number of benzene rings is 2. The Hall–Kier alpha value is -3.37. The smallest absolute Gasteiger partial charge is 0.328 e. The van der Waals surface area contributed by atoms with E-state index >= 15 is 0 Å². The highest BCUT2D eigenvalue weighted by Gasteiger charge is 2.15. The molecule has 11 heteroatoms. The number of hydrogen-bond donors (Lipinski definition) is 1. The molecule has 0 bridgehead atoms. The maximum absolute atomic E-state index is 12.2.